The van der Waals surface area contributed by atoms with E-state index >= 15 is 0 Å². The first-order valence-electron chi connectivity index (χ1n) is 16.5. The molecule has 1 saturated heterocycles. The molecule has 1 aliphatic heterocycles. The van der Waals surface area contributed by atoms with Gasteiger partial charge in [-0.3, -0.25) is 0 Å². The maximum atomic E-state index is 7.59. The second-order valence-corrected chi connectivity index (χ2v) is 24.2. The molecule has 0 amide bonds. The van der Waals surface area contributed by atoms with Crippen LogP contribution >= 0.6 is 0 Å². The third-order valence-corrected chi connectivity index (χ3v) is 15.2. The summed E-state index contributed by atoms with van der Waals surface area (Å²) in [5, 5.41) is 2.47. The normalized spacial score (nSPS) is 18.8. The number of ether oxygens (including phenoxy) is 3. The summed E-state index contributed by atoms with van der Waals surface area (Å²) >= 11 is 0. The second-order valence-electron chi connectivity index (χ2n) is 14.3. The Labute approximate surface area is 274 Å². The van der Waals surface area contributed by atoms with E-state index < -0.39 is 16.4 Å². The molecule has 4 nitrogen and oxygen atoms in total. The highest BCUT2D eigenvalue weighted by molar-refractivity contribution is 6.99. The lowest BCUT2D eigenvalue weighted by molar-refractivity contribution is -0.0665. The summed E-state index contributed by atoms with van der Waals surface area (Å²) in [5.41, 5.74) is 1.21. The van der Waals surface area contributed by atoms with Gasteiger partial charge < -0.3 is 18.6 Å². The zero-order chi connectivity index (χ0) is 32.3. The van der Waals surface area contributed by atoms with Gasteiger partial charge in [0.2, 0.25) is 0 Å². The zero-order valence-corrected chi connectivity index (χ0v) is 30.4. The fourth-order valence-corrected chi connectivity index (χ4v) is 11.3. The summed E-state index contributed by atoms with van der Waals surface area (Å²) in [6, 6.07) is 33.5. The molecule has 1 heterocycles. The van der Waals surface area contributed by atoms with E-state index in [1.807, 2.05) is 0 Å². The van der Waals surface area contributed by atoms with E-state index in [9.17, 15) is 0 Å². The zero-order valence-electron chi connectivity index (χ0n) is 28.4. The molecule has 45 heavy (non-hydrogen) atoms. The van der Waals surface area contributed by atoms with Crippen LogP contribution in [0.5, 0.6) is 0 Å². The minimum absolute atomic E-state index is 0.00335. The van der Waals surface area contributed by atoms with Gasteiger partial charge in [-0.05, 0) is 46.8 Å². The van der Waals surface area contributed by atoms with Crippen LogP contribution in [0.3, 0.4) is 0 Å². The molecule has 0 aliphatic carbocycles. The van der Waals surface area contributed by atoms with Gasteiger partial charge in [-0.25, -0.2) is 0 Å². The number of allylic oxidation sites excluding steroid dienone is 2. The van der Waals surface area contributed by atoms with Gasteiger partial charge in [0.25, 0.3) is 8.32 Å². The Hall–Kier alpha value is -2.59. The van der Waals surface area contributed by atoms with Crippen molar-refractivity contribution in [3.63, 3.8) is 0 Å². The first-order chi connectivity index (χ1) is 21.5. The standard InChI is InChI=1S/C39H54O4Si2/c1-32(41-31-40-29-30-44(5,6)7)21-13-8-9-20-28-36(38-37(42-38)33-22-14-10-15-23-33)43-45(39(2,3)4,34-24-16-11-17-25-34)35-26-18-12-19-27-35/h9-27,32,36-38H,8,28-31H2,1-7H3/b20-9+,21-13-/t32-,36-,37+,38+/m1/s1. The first kappa shape index (κ1) is 35.3. The van der Waals surface area contributed by atoms with Crippen LogP contribution in [-0.2, 0) is 18.6 Å². The van der Waals surface area contributed by atoms with Crippen LogP contribution in [0.25, 0.3) is 0 Å². The molecule has 1 fully saturated rings. The number of epoxide rings is 1. The lowest BCUT2D eigenvalue weighted by Gasteiger charge is -2.45. The smallest absolute Gasteiger partial charge is 0.261 e. The number of benzene rings is 3. The van der Waals surface area contributed by atoms with E-state index in [0.717, 1.165) is 25.5 Å². The Morgan fingerprint density at radius 1 is 0.800 bits per heavy atom. The second kappa shape index (κ2) is 16.3. The number of rotatable bonds is 17. The van der Waals surface area contributed by atoms with Crippen LogP contribution in [0.15, 0.2) is 115 Å². The van der Waals surface area contributed by atoms with Crippen LogP contribution in [0.2, 0.25) is 30.7 Å². The van der Waals surface area contributed by atoms with Crippen molar-refractivity contribution in [2.45, 2.75) is 95.7 Å². The third kappa shape index (κ3) is 10.2. The molecule has 0 aromatic heterocycles. The lowest BCUT2D eigenvalue weighted by Crippen LogP contribution is -2.68. The largest absolute Gasteiger partial charge is 0.401 e. The molecule has 0 unspecified atom stereocenters. The molecule has 0 N–H and O–H groups in total. The van der Waals surface area contributed by atoms with Gasteiger partial charge in [-0.2, -0.15) is 0 Å². The number of hydrogen-bond donors (Lipinski definition) is 0. The molecule has 242 valence electrons. The van der Waals surface area contributed by atoms with E-state index in [1.54, 1.807) is 0 Å². The Kier molecular flexibility index (Phi) is 12.8. The topological polar surface area (TPSA) is 40.2 Å². The maximum Gasteiger partial charge on any atom is 0.261 e. The van der Waals surface area contributed by atoms with Gasteiger partial charge in [0.05, 0.1) is 12.2 Å². The highest BCUT2D eigenvalue weighted by atomic mass is 28.4. The van der Waals surface area contributed by atoms with Crippen molar-refractivity contribution in [3.8, 4) is 0 Å². The van der Waals surface area contributed by atoms with Gasteiger partial charge >= 0.3 is 0 Å². The molecule has 6 heteroatoms. The van der Waals surface area contributed by atoms with Crippen molar-refractivity contribution in [3.05, 3.63) is 121 Å². The minimum Gasteiger partial charge on any atom is -0.401 e. The summed E-state index contributed by atoms with van der Waals surface area (Å²) in [6.07, 6.45) is 10.4. The predicted molar refractivity (Wildman–Crippen MR) is 194 cm³/mol. The first-order valence-corrected chi connectivity index (χ1v) is 22.1. The Balaban J connectivity index is 1.48. The fourth-order valence-electron chi connectivity index (χ4n) is 5.81. The summed E-state index contributed by atoms with van der Waals surface area (Å²) in [5.74, 6) is 0. The Morgan fingerprint density at radius 2 is 1.38 bits per heavy atom. The van der Waals surface area contributed by atoms with Crippen LogP contribution in [0.4, 0.5) is 0 Å². The van der Waals surface area contributed by atoms with Gasteiger partial charge in [0.15, 0.2) is 0 Å². The van der Waals surface area contributed by atoms with Crippen LogP contribution in [0.1, 0.15) is 52.2 Å². The quantitative estimate of drug-likeness (QED) is 0.0486. The summed E-state index contributed by atoms with van der Waals surface area (Å²) < 4.78 is 25.5. The summed E-state index contributed by atoms with van der Waals surface area (Å²) in [6.45, 7) is 17.3. The highest BCUT2D eigenvalue weighted by Crippen LogP contribution is 2.46. The molecule has 4 rings (SSSR count). The molecular weight excluding hydrogens is 589 g/mol. The molecule has 0 saturated carbocycles. The van der Waals surface area contributed by atoms with E-state index in [1.165, 1.54) is 15.9 Å². The van der Waals surface area contributed by atoms with E-state index in [0.29, 0.717) is 6.79 Å². The SMILES string of the molecule is C[C@H](/C=C\C/C=C/C[C@@H](O[Si](c1ccccc1)(c1ccccc1)C(C)(C)C)[C@@H]1O[C@H]1c1ccccc1)OCOCC[Si](C)(C)C. The van der Waals surface area contributed by atoms with Crippen molar-refractivity contribution in [1.82, 2.24) is 0 Å². The fraction of sp³-hybridized carbons (Fsp3) is 0.436. The van der Waals surface area contributed by atoms with Crippen molar-refractivity contribution in [2.75, 3.05) is 13.4 Å². The summed E-state index contributed by atoms with van der Waals surface area (Å²) in [7, 11) is -3.82. The average molecular weight is 643 g/mol. The monoisotopic (exact) mass is 642 g/mol. The van der Waals surface area contributed by atoms with E-state index in [4.69, 9.17) is 18.6 Å². The average Bonchev–Trinajstić information content (AvgIpc) is 3.81. The Morgan fingerprint density at radius 3 is 1.93 bits per heavy atom. The molecule has 3 aromatic carbocycles. The Bertz CT molecular complexity index is 1290. The van der Waals surface area contributed by atoms with Crippen LogP contribution in [-0.4, -0.2) is 48.1 Å². The molecule has 0 spiro atoms. The minimum atomic E-state index is -2.74. The highest BCUT2D eigenvalue weighted by Gasteiger charge is 2.55. The molecule has 4 atom stereocenters. The molecule has 1 aliphatic rings. The van der Waals surface area contributed by atoms with Crippen LogP contribution < -0.4 is 10.4 Å². The summed E-state index contributed by atoms with van der Waals surface area (Å²) in [4.78, 5) is 0. The van der Waals surface area contributed by atoms with Crippen molar-refractivity contribution >= 4 is 26.8 Å². The van der Waals surface area contributed by atoms with Gasteiger partial charge in [-0.1, -0.05) is 156 Å². The van der Waals surface area contributed by atoms with Gasteiger partial charge in [0, 0.05) is 14.7 Å². The predicted octanol–water partition coefficient (Wildman–Crippen LogP) is 8.68. The molecular formula is C39H54O4Si2. The molecule has 3 aromatic rings. The van der Waals surface area contributed by atoms with Gasteiger partial charge in [0.1, 0.15) is 19.0 Å². The molecule has 0 bridgehead atoms. The molecule has 0 radical (unpaired) electrons. The maximum absolute atomic E-state index is 7.59. The van der Waals surface area contributed by atoms with Crippen molar-refractivity contribution in [1.29, 1.82) is 0 Å². The van der Waals surface area contributed by atoms with Crippen molar-refractivity contribution < 1.29 is 18.6 Å². The third-order valence-electron chi connectivity index (χ3n) is 8.39. The van der Waals surface area contributed by atoms with Crippen LogP contribution in [0, 0.1) is 0 Å². The lowest BCUT2D eigenvalue weighted by atomic mass is 10.0. The number of hydrogen-bond acceptors (Lipinski definition) is 4. The van der Waals surface area contributed by atoms with E-state index in [-0.39, 0.29) is 29.5 Å². The van der Waals surface area contributed by atoms with E-state index in [2.05, 4.69) is 163 Å². The van der Waals surface area contributed by atoms with Gasteiger partial charge in [-0.15, -0.1) is 0 Å². The van der Waals surface area contributed by atoms with Crippen molar-refractivity contribution in [2.24, 2.45) is 0 Å².